The highest BCUT2D eigenvalue weighted by Gasteiger charge is 1.92. The van der Waals surface area contributed by atoms with Gasteiger partial charge in [-0.25, -0.2) is 4.79 Å². The summed E-state index contributed by atoms with van der Waals surface area (Å²) in [4.78, 5) is 25.6. The van der Waals surface area contributed by atoms with Gasteiger partial charge < -0.3 is 14.2 Å². The largest absolute Gasteiger partial charge is 0.423 e. The van der Waals surface area contributed by atoms with E-state index in [0.717, 1.165) is 5.39 Å². The molecule has 1 aromatic carbocycles. The van der Waals surface area contributed by atoms with Crippen molar-refractivity contribution in [3.05, 3.63) is 46.8 Å². The molecule has 5 nitrogen and oxygen atoms in total. The molecule has 0 aliphatic rings. The van der Waals surface area contributed by atoms with E-state index in [-0.39, 0.29) is 5.63 Å². The Labute approximate surface area is 86.7 Å². The van der Waals surface area contributed by atoms with Gasteiger partial charge in [0.1, 0.15) is 5.58 Å². The summed E-state index contributed by atoms with van der Waals surface area (Å²) >= 11 is 0. The molecule has 0 unspecified atom stereocenters. The molecule has 0 aliphatic carbocycles. The molecule has 0 fully saturated rings. The van der Waals surface area contributed by atoms with Crippen LogP contribution in [0.1, 0.15) is 0 Å². The Kier molecular flexibility index (Phi) is 4.39. The predicted octanol–water partition coefficient (Wildman–Crippen LogP) is 0.950. The Hall–Kier alpha value is -1.26. The normalized spacial score (nSPS) is 9.87. The SMILES string of the molecule is NP(O)O.O=c1ccc2ccccc2o1. The van der Waals surface area contributed by atoms with E-state index < -0.39 is 8.53 Å². The van der Waals surface area contributed by atoms with Crippen LogP contribution >= 0.6 is 8.53 Å². The van der Waals surface area contributed by atoms with Crippen molar-refractivity contribution in [3.8, 4) is 0 Å². The molecule has 0 spiro atoms. The van der Waals surface area contributed by atoms with Crippen LogP contribution in [0.5, 0.6) is 0 Å². The Bertz CT molecular complexity index is 480. The van der Waals surface area contributed by atoms with Crippen LogP contribution in [0, 0.1) is 0 Å². The van der Waals surface area contributed by atoms with E-state index in [9.17, 15) is 4.79 Å². The molecule has 1 heterocycles. The summed E-state index contributed by atoms with van der Waals surface area (Å²) in [6.45, 7) is 0. The maximum absolute atomic E-state index is 10.7. The van der Waals surface area contributed by atoms with E-state index in [1.54, 1.807) is 12.1 Å². The second-order valence-corrected chi connectivity index (χ2v) is 3.25. The van der Waals surface area contributed by atoms with Gasteiger partial charge in [-0.05, 0) is 12.1 Å². The van der Waals surface area contributed by atoms with Crippen LogP contribution in [0.25, 0.3) is 11.0 Å². The molecular formula is C9H10NO4P. The van der Waals surface area contributed by atoms with Gasteiger partial charge >= 0.3 is 5.63 Å². The summed E-state index contributed by atoms with van der Waals surface area (Å²) < 4.78 is 4.91. The van der Waals surface area contributed by atoms with Gasteiger partial charge in [0.15, 0.2) is 0 Å². The lowest BCUT2D eigenvalue weighted by Gasteiger charge is -1.91. The molecule has 15 heavy (non-hydrogen) atoms. The molecule has 0 saturated heterocycles. The summed E-state index contributed by atoms with van der Waals surface area (Å²) in [5.74, 6) is 0. The zero-order chi connectivity index (χ0) is 11.3. The van der Waals surface area contributed by atoms with Crippen molar-refractivity contribution < 1.29 is 14.2 Å². The first kappa shape index (κ1) is 11.8. The van der Waals surface area contributed by atoms with Crippen LogP contribution < -0.4 is 11.1 Å². The van der Waals surface area contributed by atoms with E-state index in [1.807, 2.05) is 18.2 Å². The highest BCUT2D eigenvalue weighted by atomic mass is 31.2. The highest BCUT2D eigenvalue weighted by molar-refractivity contribution is 7.42. The van der Waals surface area contributed by atoms with Crippen molar-refractivity contribution in [1.29, 1.82) is 0 Å². The first-order chi connectivity index (χ1) is 7.09. The fraction of sp³-hybridized carbons (Fsp3) is 0. The van der Waals surface area contributed by atoms with Crippen LogP contribution in [-0.4, -0.2) is 9.79 Å². The lowest BCUT2D eigenvalue weighted by atomic mass is 10.2. The lowest BCUT2D eigenvalue weighted by Crippen LogP contribution is -1.93. The summed E-state index contributed by atoms with van der Waals surface area (Å²) in [6.07, 6.45) is 0. The maximum Gasteiger partial charge on any atom is 0.336 e. The number of hydrogen-bond acceptors (Lipinski definition) is 5. The monoisotopic (exact) mass is 227 g/mol. The lowest BCUT2D eigenvalue weighted by molar-refractivity contribution is 0.485. The smallest absolute Gasteiger partial charge is 0.336 e. The molecular weight excluding hydrogens is 217 g/mol. The van der Waals surface area contributed by atoms with Crippen LogP contribution in [-0.2, 0) is 0 Å². The topological polar surface area (TPSA) is 96.7 Å². The molecule has 0 aliphatic heterocycles. The van der Waals surface area contributed by atoms with Gasteiger partial charge in [-0.3, -0.25) is 5.50 Å². The highest BCUT2D eigenvalue weighted by Crippen LogP contribution is 2.08. The summed E-state index contributed by atoms with van der Waals surface area (Å²) in [5, 5.41) is 0.951. The Morgan fingerprint density at radius 2 is 1.73 bits per heavy atom. The molecule has 0 amide bonds. The minimum atomic E-state index is -2.12. The van der Waals surface area contributed by atoms with Crippen LogP contribution in [0.15, 0.2) is 45.6 Å². The van der Waals surface area contributed by atoms with Gasteiger partial charge in [-0.2, -0.15) is 0 Å². The zero-order valence-corrected chi connectivity index (χ0v) is 8.59. The molecule has 0 atom stereocenters. The second kappa shape index (κ2) is 5.58. The van der Waals surface area contributed by atoms with Crippen LogP contribution in [0.4, 0.5) is 0 Å². The zero-order valence-electron chi connectivity index (χ0n) is 7.70. The van der Waals surface area contributed by atoms with Crippen molar-refractivity contribution in [2.45, 2.75) is 0 Å². The fourth-order valence-electron chi connectivity index (χ4n) is 1.01. The number of hydrogen-bond donors (Lipinski definition) is 3. The Morgan fingerprint density at radius 3 is 2.40 bits per heavy atom. The molecule has 1 aromatic heterocycles. The van der Waals surface area contributed by atoms with Crippen molar-refractivity contribution in [3.63, 3.8) is 0 Å². The third-order valence-electron chi connectivity index (χ3n) is 1.53. The molecule has 0 radical (unpaired) electrons. The summed E-state index contributed by atoms with van der Waals surface area (Å²) in [5.41, 5.74) is 4.62. The van der Waals surface area contributed by atoms with Gasteiger partial charge in [0.2, 0.25) is 8.53 Å². The molecule has 2 aromatic rings. The number of nitrogens with two attached hydrogens (primary N) is 1. The van der Waals surface area contributed by atoms with Crippen LogP contribution in [0.2, 0.25) is 0 Å². The van der Waals surface area contributed by atoms with Gasteiger partial charge in [0.05, 0.1) is 0 Å². The van der Waals surface area contributed by atoms with E-state index in [1.165, 1.54) is 6.07 Å². The van der Waals surface area contributed by atoms with E-state index in [0.29, 0.717) is 5.58 Å². The molecule has 0 bridgehead atoms. The van der Waals surface area contributed by atoms with E-state index in [4.69, 9.17) is 14.2 Å². The third kappa shape index (κ3) is 4.18. The average molecular weight is 227 g/mol. The van der Waals surface area contributed by atoms with Gasteiger partial charge in [0, 0.05) is 11.5 Å². The quantitative estimate of drug-likeness (QED) is 0.460. The van der Waals surface area contributed by atoms with Crippen molar-refractivity contribution >= 4 is 19.5 Å². The van der Waals surface area contributed by atoms with E-state index in [2.05, 4.69) is 5.50 Å². The number of benzene rings is 1. The van der Waals surface area contributed by atoms with Crippen molar-refractivity contribution in [2.24, 2.45) is 5.50 Å². The van der Waals surface area contributed by atoms with Crippen LogP contribution in [0.3, 0.4) is 0 Å². The van der Waals surface area contributed by atoms with Gasteiger partial charge in [-0.15, -0.1) is 0 Å². The maximum atomic E-state index is 10.7. The molecule has 0 saturated carbocycles. The predicted molar refractivity (Wildman–Crippen MR) is 58.0 cm³/mol. The molecule has 80 valence electrons. The van der Waals surface area contributed by atoms with Gasteiger partial charge in [-0.1, -0.05) is 18.2 Å². The molecule has 6 heteroatoms. The molecule has 4 N–H and O–H groups in total. The second-order valence-electron chi connectivity index (χ2n) is 2.61. The number of para-hydroxylation sites is 1. The number of rotatable bonds is 0. The standard InChI is InChI=1S/C9H6O2.H4NO2P/c10-9-6-5-7-3-1-2-4-8(7)11-9;1-4(2)3/h1-6H;2-3H,1H2. The Morgan fingerprint density at radius 1 is 1.13 bits per heavy atom. The number of fused-ring (bicyclic) bond motifs is 1. The third-order valence-corrected chi connectivity index (χ3v) is 1.53. The van der Waals surface area contributed by atoms with Crippen molar-refractivity contribution in [1.82, 2.24) is 0 Å². The fourth-order valence-corrected chi connectivity index (χ4v) is 1.01. The Balaban J connectivity index is 0.000000245. The minimum Gasteiger partial charge on any atom is -0.423 e. The minimum absolute atomic E-state index is 0.302. The average Bonchev–Trinajstić information content (AvgIpc) is 2.16. The summed E-state index contributed by atoms with van der Waals surface area (Å²) in [6, 6.07) is 10.6. The summed E-state index contributed by atoms with van der Waals surface area (Å²) in [7, 11) is -2.12. The molecule has 2 rings (SSSR count). The first-order valence-corrected chi connectivity index (χ1v) is 5.33. The van der Waals surface area contributed by atoms with Crippen molar-refractivity contribution in [2.75, 3.05) is 0 Å². The van der Waals surface area contributed by atoms with E-state index >= 15 is 0 Å². The first-order valence-electron chi connectivity index (χ1n) is 4.01. The van der Waals surface area contributed by atoms with Gasteiger partial charge in [0.25, 0.3) is 0 Å².